The van der Waals surface area contributed by atoms with Crippen LogP contribution in [0.4, 0.5) is 11.4 Å². The van der Waals surface area contributed by atoms with Crippen molar-refractivity contribution < 1.29 is 22.9 Å². The zero-order chi connectivity index (χ0) is 24.3. The van der Waals surface area contributed by atoms with Crippen LogP contribution in [-0.4, -0.2) is 74.8 Å². The Labute approximate surface area is 198 Å². The van der Waals surface area contributed by atoms with Gasteiger partial charge in [-0.3, -0.25) is 14.9 Å². The minimum absolute atomic E-state index is 0.0377. The summed E-state index contributed by atoms with van der Waals surface area (Å²) in [5, 5.41) is 11.1. The first-order chi connectivity index (χ1) is 16.3. The Balaban J connectivity index is 1.40. The van der Waals surface area contributed by atoms with Gasteiger partial charge in [-0.2, -0.15) is 4.31 Å². The fraction of sp³-hybridized carbons (Fsp3) is 0.435. The predicted molar refractivity (Wildman–Crippen MR) is 126 cm³/mol. The molecule has 4 rings (SSSR count). The minimum atomic E-state index is -3.93. The third kappa shape index (κ3) is 5.00. The molecule has 2 fully saturated rings. The number of piperidine rings is 1. The molecule has 2 aromatic rings. The van der Waals surface area contributed by atoms with E-state index in [1.54, 1.807) is 7.11 Å². The van der Waals surface area contributed by atoms with Crippen molar-refractivity contribution in [1.29, 1.82) is 0 Å². The predicted octanol–water partition coefficient (Wildman–Crippen LogP) is 2.35. The summed E-state index contributed by atoms with van der Waals surface area (Å²) in [4.78, 5) is 27.6. The average molecular weight is 489 g/mol. The number of nitro benzene ring substituents is 1. The van der Waals surface area contributed by atoms with Gasteiger partial charge >= 0.3 is 0 Å². The number of ether oxygens (including phenoxy) is 1. The quantitative estimate of drug-likeness (QED) is 0.453. The van der Waals surface area contributed by atoms with Crippen molar-refractivity contribution in [1.82, 2.24) is 9.21 Å². The zero-order valence-electron chi connectivity index (χ0n) is 19.0. The van der Waals surface area contributed by atoms with E-state index in [0.29, 0.717) is 45.6 Å². The molecule has 34 heavy (non-hydrogen) atoms. The summed E-state index contributed by atoms with van der Waals surface area (Å²) in [7, 11) is -2.30. The van der Waals surface area contributed by atoms with Crippen LogP contribution in [0.2, 0.25) is 0 Å². The highest BCUT2D eigenvalue weighted by Crippen LogP contribution is 2.28. The molecule has 11 heteroatoms. The highest BCUT2D eigenvalue weighted by Gasteiger charge is 2.36. The molecule has 2 saturated heterocycles. The Morgan fingerprint density at radius 2 is 1.79 bits per heavy atom. The lowest BCUT2D eigenvalue weighted by Gasteiger charge is -2.39. The van der Waals surface area contributed by atoms with E-state index in [0.717, 1.165) is 17.5 Å². The number of sulfonamides is 1. The number of nitrogens with zero attached hydrogens (tertiary/aromatic N) is 4. The maximum atomic E-state index is 13.2. The molecule has 2 aliphatic rings. The highest BCUT2D eigenvalue weighted by atomic mass is 32.2. The van der Waals surface area contributed by atoms with E-state index in [4.69, 9.17) is 4.74 Å². The lowest BCUT2D eigenvalue weighted by molar-refractivity contribution is -0.385. The Bertz CT molecular complexity index is 1160. The second-order valence-electron chi connectivity index (χ2n) is 8.47. The summed E-state index contributed by atoms with van der Waals surface area (Å²) in [6.45, 7) is 2.86. The molecule has 0 bridgehead atoms. The van der Waals surface area contributed by atoms with Gasteiger partial charge in [0, 0.05) is 63.2 Å². The second kappa shape index (κ2) is 9.98. The molecule has 2 aliphatic heterocycles. The molecule has 182 valence electrons. The molecule has 0 aliphatic carbocycles. The number of rotatable bonds is 6. The number of benzene rings is 2. The molecule has 0 spiro atoms. The average Bonchev–Trinajstić information content (AvgIpc) is 2.88. The standard InChI is InChI=1S/C23H28N4O6S/c1-33-21-8-2-6-19(15-21)24-11-13-25(14-12-24)23(28)18-5-4-10-26(17-18)34(31,32)22-9-3-7-20(16-22)27(29)30/h2-3,6-9,15-16,18H,4-5,10-14,17H2,1H3/t18-/m0/s1. The van der Waals surface area contributed by atoms with Crippen LogP contribution in [0.5, 0.6) is 5.75 Å². The van der Waals surface area contributed by atoms with E-state index < -0.39 is 20.9 Å². The van der Waals surface area contributed by atoms with Crippen molar-refractivity contribution in [3.05, 3.63) is 58.6 Å². The fourth-order valence-electron chi connectivity index (χ4n) is 4.52. The molecule has 0 N–H and O–H groups in total. The van der Waals surface area contributed by atoms with Gasteiger partial charge in [-0.25, -0.2) is 8.42 Å². The summed E-state index contributed by atoms with van der Waals surface area (Å²) in [5.74, 6) is 0.318. The van der Waals surface area contributed by atoms with Gasteiger partial charge in [0.25, 0.3) is 5.69 Å². The normalized spacial score (nSPS) is 19.6. The first-order valence-electron chi connectivity index (χ1n) is 11.2. The van der Waals surface area contributed by atoms with Gasteiger partial charge < -0.3 is 14.5 Å². The third-order valence-electron chi connectivity index (χ3n) is 6.41. The van der Waals surface area contributed by atoms with Crippen LogP contribution in [0.1, 0.15) is 12.8 Å². The molecular formula is C23H28N4O6S. The second-order valence-corrected chi connectivity index (χ2v) is 10.4. The maximum Gasteiger partial charge on any atom is 0.270 e. The molecule has 0 unspecified atom stereocenters. The van der Waals surface area contributed by atoms with E-state index in [1.165, 1.54) is 22.5 Å². The summed E-state index contributed by atoms with van der Waals surface area (Å²) in [5.41, 5.74) is 0.762. The van der Waals surface area contributed by atoms with Crippen LogP contribution in [0.25, 0.3) is 0 Å². The van der Waals surface area contributed by atoms with Gasteiger partial charge in [-0.1, -0.05) is 12.1 Å². The molecular weight excluding hydrogens is 460 g/mol. The van der Waals surface area contributed by atoms with Crippen molar-refractivity contribution in [3.63, 3.8) is 0 Å². The summed E-state index contributed by atoms with van der Waals surface area (Å²) < 4.78 is 32.8. The number of nitro groups is 1. The number of hydrogen-bond acceptors (Lipinski definition) is 7. The highest BCUT2D eigenvalue weighted by molar-refractivity contribution is 7.89. The zero-order valence-corrected chi connectivity index (χ0v) is 19.8. The van der Waals surface area contributed by atoms with Crippen molar-refractivity contribution in [2.24, 2.45) is 5.92 Å². The van der Waals surface area contributed by atoms with Gasteiger partial charge in [0.1, 0.15) is 5.75 Å². The number of methoxy groups -OCH3 is 1. The van der Waals surface area contributed by atoms with Gasteiger partial charge in [0.05, 0.1) is 22.8 Å². The molecule has 2 aromatic carbocycles. The number of anilines is 1. The number of hydrogen-bond donors (Lipinski definition) is 0. The monoisotopic (exact) mass is 488 g/mol. The van der Waals surface area contributed by atoms with Gasteiger partial charge in [0.15, 0.2) is 0 Å². The van der Waals surface area contributed by atoms with E-state index in [2.05, 4.69) is 4.90 Å². The Morgan fingerprint density at radius 3 is 2.50 bits per heavy atom. The molecule has 1 atom stereocenters. The first kappa shape index (κ1) is 24.0. The molecule has 0 aromatic heterocycles. The van der Waals surface area contributed by atoms with Crippen LogP contribution in [0, 0.1) is 16.0 Å². The fourth-order valence-corrected chi connectivity index (χ4v) is 6.08. The lowest BCUT2D eigenvalue weighted by Crippen LogP contribution is -2.53. The Kier molecular flexibility index (Phi) is 7.03. The number of piperazine rings is 1. The summed E-state index contributed by atoms with van der Waals surface area (Å²) >= 11 is 0. The lowest BCUT2D eigenvalue weighted by atomic mass is 9.97. The number of amides is 1. The Morgan fingerprint density at radius 1 is 1.06 bits per heavy atom. The van der Waals surface area contributed by atoms with E-state index in [1.807, 2.05) is 29.2 Å². The van der Waals surface area contributed by atoms with Crippen molar-refractivity contribution in [2.45, 2.75) is 17.7 Å². The molecule has 0 saturated carbocycles. The van der Waals surface area contributed by atoms with Crippen LogP contribution >= 0.6 is 0 Å². The largest absolute Gasteiger partial charge is 0.497 e. The van der Waals surface area contributed by atoms with Crippen LogP contribution in [0.15, 0.2) is 53.4 Å². The first-order valence-corrected chi connectivity index (χ1v) is 12.7. The van der Waals surface area contributed by atoms with E-state index in [9.17, 15) is 23.3 Å². The van der Waals surface area contributed by atoms with Crippen LogP contribution < -0.4 is 9.64 Å². The van der Waals surface area contributed by atoms with Gasteiger partial charge in [-0.05, 0) is 31.0 Å². The van der Waals surface area contributed by atoms with Crippen molar-refractivity contribution >= 4 is 27.3 Å². The smallest absolute Gasteiger partial charge is 0.270 e. The van der Waals surface area contributed by atoms with Crippen LogP contribution in [-0.2, 0) is 14.8 Å². The Hall–Kier alpha value is -3.18. The maximum absolute atomic E-state index is 13.2. The number of carbonyl (C=O) groups is 1. The van der Waals surface area contributed by atoms with Crippen molar-refractivity contribution in [3.8, 4) is 5.75 Å². The topological polar surface area (TPSA) is 113 Å². The SMILES string of the molecule is COc1cccc(N2CCN(C(=O)[C@H]3CCCN(S(=O)(=O)c4cccc([N+](=O)[O-])c4)C3)CC2)c1. The van der Waals surface area contributed by atoms with Gasteiger partial charge in [-0.15, -0.1) is 0 Å². The molecule has 2 heterocycles. The van der Waals surface area contributed by atoms with E-state index in [-0.39, 0.29) is 23.0 Å². The molecule has 1 amide bonds. The summed E-state index contributed by atoms with van der Waals surface area (Å²) in [6.07, 6.45) is 1.18. The molecule has 10 nitrogen and oxygen atoms in total. The van der Waals surface area contributed by atoms with Gasteiger partial charge in [0.2, 0.25) is 15.9 Å². The number of carbonyl (C=O) groups excluding carboxylic acids is 1. The third-order valence-corrected chi connectivity index (χ3v) is 8.27. The summed E-state index contributed by atoms with van der Waals surface area (Å²) in [6, 6.07) is 12.8. The van der Waals surface area contributed by atoms with Crippen molar-refractivity contribution in [2.75, 3.05) is 51.3 Å². The molecule has 0 radical (unpaired) electrons. The minimum Gasteiger partial charge on any atom is -0.497 e. The number of non-ortho nitro benzene ring substituents is 1. The van der Waals surface area contributed by atoms with Crippen LogP contribution in [0.3, 0.4) is 0 Å². The van der Waals surface area contributed by atoms with E-state index >= 15 is 0 Å².